The fourth-order valence-corrected chi connectivity index (χ4v) is 2.82. The molecule has 2 N–H and O–H groups in total. The summed E-state index contributed by atoms with van der Waals surface area (Å²) in [5, 5.41) is 8.10. The average molecular weight is 303 g/mol. The number of nitrogen functional groups attached to an aromatic ring is 1. The Morgan fingerprint density at radius 3 is 2.81 bits per heavy atom. The number of aromatic nitrogens is 5. The summed E-state index contributed by atoms with van der Waals surface area (Å²) in [5.74, 6) is 1.17. The molecule has 3 rings (SSSR count). The molecule has 0 aliphatic rings. The van der Waals surface area contributed by atoms with Gasteiger partial charge in [-0.15, -0.1) is 11.3 Å². The predicted molar refractivity (Wildman–Crippen MR) is 82.7 cm³/mol. The number of fused-ring (bicyclic) bond motifs is 1. The number of aryl methyl sites for hydroxylation is 2. The van der Waals surface area contributed by atoms with Crippen LogP contribution in [0.1, 0.15) is 16.5 Å². The Balaban J connectivity index is 1.79. The maximum Gasteiger partial charge on any atom is 0.163 e. The van der Waals surface area contributed by atoms with Gasteiger partial charge in [-0.3, -0.25) is 9.58 Å². The van der Waals surface area contributed by atoms with E-state index >= 15 is 0 Å². The number of nitrogens with zero attached hydrogens (tertiary/aromatic N) is 6. The third-order valence-corrected chi connectivity index (χ3v) is 4.00. The van der Waals surface area contributed by atoms with E-state index in [2.05, 4.69) is 30.3 Å². The van der Waals surface area contributed by atoms with Crippen LogP contribution in [0.5, 0.6) is 0 Å². The van der Waals surface area contributed by atoms with Crippen LogP contribution >= 0.6 is 11.3 Å². The van der Waals surface area contributed by atoms with Crippen LogP contribution in [0.3, 0.4) is 0 Å². The zero-order chi connectivity index (χ0) is 15.0. The van der Waals surface area contributed by atoms with Gasteiger partial charge in [0.15, 0.2) is 5.65 Å². The minimum absolute atomic E-state index is 0.473. The van der Waals surface area contributed by atoms with E-state index in [0.717, 1.165) is 28.3 Å². The first-order valence-corrected chi connectivity index (χ1v) is 7.44. The predicted octanol–water partition coefficient (Wildman–Crippen LogP) is 1.34. The highest BCUT2D eigenvalue weighted by Gasteiger charge is 2.11. The SMILES string of the molecule is Cc1nc(CN(C)Cc2nc(N)c3cnn(C)c3n2)cs1. The Hall–Kier alpha value is -2.06. The zero-order valence-electron chi connectivity index (χ0n) is 12.2. The molecule has 0 bridgehead atoms. The van der Waals surface area contributed by atoms with E-state index in [4.69, 9.17) is 5.73 Å². The Morgan fingerprint density at radius 2 is 2.10 bits per heavy atom. The van der Waals surface area contributed by atoms with E-state index in [0.29, 0.717) is 18.2 Å². The topological polar surface area (TPSA) is 85.8 Å². The van der Waals surface area contributed by atoms with Gasteiger partial charge in [0, 0.05) is 19.0 Å². The van der Waals surface area contributed by atoms with Crippen LogP contribution in [0.2, 0.25) is 0 Å². The van der Waals surface area contributed by atoms with E-state index in [1.165, 1.54) is 0 Å². The summed E-state index contributed by atoms with van der Waals surface area (Å²) in [4.78, 5) is 15.5. The van der Waals surface area contributed by atoms with Crippen molar-refractivity contribution in [1.29, 1.82) is 0 Å². The molecule has 0 saturated heterocycles. The van der Waals surface area contributed by atoms with Gasteiger partial charge < -0.3 is 5.73 Å². The second-order valence-corrected chi connectivity index (χ2v) is 6.12. The normalized spacial score (nSPS) is 11.6. The van der Waals surface area contributed by atoms with Crippen molar-refractivity contribution in [3.63, 3.8) is 0 Å². The molecule has 0 fully saturated rings. The standard InChI is InChI=1S/C13H17N7S/c1-8-16-9(7-21-8)5-19(2)6-11-17-12(14)10-4-15-20(3)13(10)18-11/h4,7H,5-6H2,1-3H3,(H2,14,17,18). The number of hydrogen-bond acceptors (Lipinski definition) is 7. The Bertz CT molecular complexity index is 776. The Morgan fingerprint density at radius 1 is 1.29 bits per heavy atom. The third kappa shape index (κ3) is 2.86. The third-order valence-electron chi connectivity index (χ3n) is 3.18. The average Bonchev–Trinajstić information content (AvgIpc) is 2.97. The molecule has 0 amide bonds. The molecule has 8 heteroatoms. The molecule has 0 aliphatic heterocycles. The molecule has 3 aromatic heterocycles. The largest absolute Gasteiger partial charge is 0.383 e. The molecule has 21 heavy (non-hydrogen) atoms. The molecule has 0 spiro atoms. The van der Waals surface area contributed by atoms with Crippen molar-refractivity contribution in [3.8, 4) is 0 Å². The molecule has 0 atom stereocenters. The molecule has 3 heterocycles. The minimum Gasteiger partial charge on any atom is -0.383 e. The first kappa shape index (κ1) is 13.9. The lowest BCUT2D eigenvalue weighted by atomic mass is 10.3. The molecule has 3 aromatic rings. The van der Waals surface area contributed by atoms with Crippen molar-refractivity contribution in [3.05, 3.63) is 28.1 Å². The first-order chi connectivity index (χ1) is 10.0. The van der Waals surface area contributed by atoms with Crippen molar-refractivity contribution in [1.82, 2.24) is 29.6 Å². The summed E-state index contributed by atoms with van der Waals surface area (Å²) in [6.07, 6.45) is 1.69. The van der Waals surface area contributed by atoms with E-state index in [-0.39, 0.29) is 0 Å². The Labute approximate surface area is 126 Å². The fourth-order valence-electron chi connectivity index (χ4n) is 2.22. The molecule has 0 saturated carbocycles. The molecule has 0 aliphatic carbocycles. The quantitative estimate of drug-likeness (QED) is 0.783. The number of nitrogens with two attached hydrogens (primary N) is 1. The molecule has 0 aromatic carbocycles. The van der Waals surface area contributed by atoms with E-state index in [1.807, 2.05) is 21.0 Å². The smallest absolute Gasteiger partial charge is 0.163 e. The number of rotatable bonds is 4. The molecular weight excluding hydrogens is 286 g/mol. The van der Waals surface area contributed by atoms with Gasteiger partial charge in [0.25, 0.3) is 0 Å². The highest BCUT2D eigenvalue weighted by molar-refractivity contribution is 7.09. The number of anilines is 1. The van der Waals surface area contributed by atoms with E-state index < -0.39 is 0 Å². The van der Waals surface area contributed by atoms with Crippen molar-refractivity contribution >= 4 is 28.2 Å². The van der Waals surface area contributed by atoms with Gasteiger partial charge in [-0.2, -0.15) is 5.10 Å². The van der Waals surface area contributed by atoms with Gasteiger partial charge in [0.05, 0.1) is 28.8 Å². The minimum atomic E-state index is 0.473. The van der Waals surface area contributed by atoms with Gasteiger partial charge in [0.1, 0.15) is 11.6 Å². The summed E-state index contributed by atoms with van der Waals surface area (Å²) in [6, 6.07) is 0. The first-order valence-electron chi connectivity index (χ1n) is 6.56. The summed E-state index contributed by atoms with van der Waals surface area (Å²) in [7, 11) is 3.86. The highest BCUT2D eigenvalue weighted by Crippen LogP contribution is 2.17. The summed E-state index contributed by atoms with van der Waals surface area (Å²) in [5.41, 5.74) is 7.79. The molecular formula is C13H17N7S. The van der Waals surface area contributed by atoms with Gasteiger partial charge in [-0.05, 0) is 14.0 Å². The molecule has 0 unspecified atom stereocenters. The molecule has 0 radical (unpaired) electrons. The molecule has 7 nitrogen and oxygen atoms in total. The van der Waals surface area contributed by atoms with E-state index in [9.17, 15) is 0 Å². The van der Waals surface area contributed by atoms with Crippen molar-refractivity contribution < 1.29 is 0 Å². The van der Waals surface area contributed by atoms with Crippen LogP contribution in [0.15, 0.2) is 11.6 Å². The zero-order valence-corrected chi connectivity index (χ0v) is 13.1. The van der Waals surface area contributed by atoms with Gasteiger partial charge in [0.2, 0.25) is 0 Å². The number of hydrogen-bond donors (Lipinski definition) is 1. The second kappa shape index (κ2) is 5.38. The van der Waals surface area contributed by atoms with Crippen molar-refractivity contribution in [2.24, 2.45) is 7.05 Å². The summed E-state index contributed by atoms with van der Waals surface area (Å²) >= 11 is 1.66. The van der Waals surface area contributed by atoms with Crippen LogP contribution < -0.4 is 5.73 Å². The van der Waals surface area contributed by atoms with Gasteiger partial charge in [-0.1, -0.05) is 0 Å². The summed E-state index contributed by atoms with van der Waals surface area (Å²) < 4.78 is 1.71. The maximum atomic E-state index is 5.97. The maximum absolute atomic E-state index is 5.97. The van der Waals surface area contributed by atoms with Gasteiger partial charge in [-0.25, -0.2) is 15.0 Å². The monoisotopic (exact) mass is 303 g/mol. The van der Waals surface area contributed by atoms with Crippen LogP contribution in [0.4, 0.5) is 5.82 Å². The van der Waals surface area contributed by atoms with Gasteiger partial charge >= 0.3 is 0 Å². The Kier molecular flexibility index (Phi) is 3.56. The lowest BCUT2D eigenvalue weighted by Crippen LogP contribution is -2.19. The van der Waals surface area contributed by atoms with Crippen LogP contribution in [-0.4, -0.2) is 36.7 Å². The lowest BCUT2D eigenvalue weighted by molar-refractivity contribution is 0.308. The van der Waals surface area contributed by atoms with Crippen LogP contribution in [0.25, 0.3) is 11.0 Å². The van der Waals surface area contributed by atoms with Crippen molar-refractivity contribution in [2.45, 2.75) is 20.0 Å². The highest BCUT2D eigenvalue weighted by atomic mass is 32.1. The fraction of sp³-hybridized carbons (Fsp3) is 0.385. The van der Waals surface area contributed by atoms with Crippen LogP contribution in [-0.2, 0) is 20.1 Å². The summed E-state index contributed by atoms with van der Waals surface area (Å²) in [6.45, 7) is 3.38. The van der Waals surface area contributed by atoms with Crippen molar-refractivity contribution in [2.75, 3.05) is 12.8 Å². The van der Waals surface area contributed by atoms with Crippen LogP contribution in [0, 0.1) is 6.92 Å². The second-order valence-electron chi connectivity index (χ2n) is 5.06. The van der Waals surface area contributed by atoms with E-state index in [1.54, 1.807) is 22.2 Å². The molecule has 110 valence electrons. The number of thiazole rings is 1. The lowest BCUT2D eigenvalue weighted by Gasteiger charge is -2.14.